The highest BCUT2D eigenvalue weighted by Gasteiger charge is 2.35. The number of aromatic nitrogens is 1. The van der Waals surface area contributed by atoms with Crippen LogP contribution in [0, 0.1) is 0 Å². The molecule has 0 bridgehead atoms. The molecule has 112 valence electrons. The Kier molecular flexibility index (Phi) is 4.95. The molecule has 0 radical (unpaired) electrons. The molecule has 1 unspecified atom stereocenters. The Morgan fingerprint density at radius 2 is 2.30 bits per heavy atom. The van der Waals surface area contributed by atoms with Gasteiger partial charge in [-0.25, -0.2) is 13.4 Å². The summed E-state index contributed by atoms with van der Waals surface area (Å²) in [4.78, 5) is 4.04. The summed E-state index contributed by atoms with van der Waals surface area (Å²) >= 11 is 0. The van der Waals surface area contributed by atoms with Crippen molar-refractivity contribution in [1.29, 1.82) is 0 Å². The summed E-state index contributed by atoms with van der Waals surface area (Å²) in [5, 5.41) is 12.1. The van der Waals surface area contributed by atoms with Gasteiger partial charge in [0.2, 0.25) is 0 Å². The van der Waals surface area contributed by atoms with Gasteiger partial charge in [-0.1, -0.05) is 6.42 Å². The van der Waals surface area contributed by atoms with Gasteiger partial charge in [0.25, 0.3) is 10.0 Å². The van der Waals surface area contributed by atoms with Crippen molar-refractivity contribution < 1.29 is 13.5 Å². The maximum Gasteiger partial charge on any atom is 0.262 e. The number of sulfonamides is 1. The first-order chi connectivity index (χ1) is 9.61. The third kappa shape index (κ3) is 2.94. The molecule has 7 heteroatoms. The molecule has 1 fully saturated rings. The van der Waals surface area contributed by atoms with Crippen LogP contribution in [0.2, 0.25) is 0 Å². The first-order valence-electron chi connectivity index (χ1n) is 6.86. The van der Waals surface area contributed by atoms with E-state index in [1.54, 1.807) is 19.2 Å². The van der Waals surface area contributed by atoms with E-state index in [2.05, 4.69) is 10.3 Å². The zero-order valence-electron chi connectivity index (χ0n) is 11.6. The molecule has 0 amide bonds. The predicted molar refractivity (Wildman–Crippen MR) is 77.0 cm³/mol. The van der Waals surface area contributed by atoms with Gasteiger partial charge in [-0.2, -0.15) is 4.31 Å². The van der Waals surface area contributed by atoms with E-state index in [9.17, 15) is 8.42 Å². The predicted octanol–water partition coefficient (Wildman–Crippen LogP) is 1.05. The lowest BCUT2D eigenvalue weighted by molar-refractivity contribution is 0.192. The van der Waals surface area contributed by atoms with Crippen LogP contribution < -0.4 is 5.32 Å². The zero-order chi connectivity index (χ0) is 14.6. The van der Waals surface area contributed by atoms with Crippen molar-refractivity contribution in [3.05, 3.63) is 18.3 Å². The van der Waals surface area contributed by atoms with E-state index >= 15 is 0 Å². The Morgan fingerprint density at radius 3 is 3.00 bits per heavy atom. The van der Waals surface area contributed by atoms with Gasteiger partial charge in [0.1, 0.15) is 0 Å². The Bertz CT molecular complexity index is 546. The van der Waals surface area contributed by atoms with Crippen LogP contribution in [0.3, 0.4) is 0 Å². The monoisotopic (exact) mass is 299 g/mol. The molecule has 1 aromatic heterocycles. The molecule has 1 aliphatic rings. The summed E-state index contributed by atoms with van der Waals surface area (Å²) in [6, 6.07) is 3.27. The van der Waals surface area contributed by atoms with Crippen molar-refractivity contribution in [2.45, 2.75) is 36.8 Å². The van der Waals surface area contributed by atoms with Gasteiger partial charge >= 0.3 is 0 Å². The molecule has 2 rings (SSSR count). The minimum atomic E-state index is -3.63. The summed E-state index contributed by atoms with van der Waals surface area (Å²) < 4.78 is 27.1. The number of hydrogen-bond donors (Lipinski definition) is 2. The molecule has 0 aliphatic carbocycles. The lowest BCUT2D eigenvalue weighted by atomic mass is 10.0. The maximum absolute atomic E-state index is 12.8. The maximum atomic E-state index is 12.8. The second kappa shape index (κ2) is 6.51. The van der Waals surface area contributed by atoms with Gasteiger partial charge in [0, 0.05) is 32.4 Å². The molecular formula is C13H21N3O3S. The summed E-state index contributed by atoms with van der Waals surface area (Å²) in [5.74, 6) is 0. The Morgan fingerprint density at radius 1 is 1.50 bits per heavy atom. The highest BCUT2D eigenvalue weighted by Crippen LogP contribution is 2.29. The van der Waals surface area contributed by atoms with Gasteiger partial charge in [0.05, 0.1) is 5.69 Å². The lowest BCUT2D eigenvalue weighted by Gasteiger charge is -2.34. The molecule has 6 nitrogen and oxygen atoms in total. The molecule has 2 N–H and O–H groups in total. The number of pyridine rings is 1. The van der Waals surface area contributed by atoms with Crippen LogP contribution in [0.15, 0.2) is 23.4 Å². The van der Waals surface area contributed by atoms with Crippen molar-refractivity contribution in [3.63, 3.8) is 0 Å². The van der Waals surface area contributed by atoms with Gasteiger partial charge in [-0.3, -0.25) is 0 Å². The van der Waals surface area contributed by atoms with Gasteiger partial charge in [-0.15, -0.1) is 0 Å². The quantitative estimate of drug-likeness (QED) is 0.849. The third-order valence-corrected chi connectivity index (χ3v) is 5.54. The van der Waals surface area contributed by atoms with Crippen LogP contribution in [-0.4, -0.2) is 49.1 Å². The van der Waals surface area contributed by atoms with Crippen molar-refractivity contribution in [3.8, 4) is 0 Å². The molecular weight excluding hydrogens is 278 g/mol. The number of aliphatic hydroxyl groups is 1. The van der Waals surface area contributed by atoms with E-state index < -0.39 is 10.0 Å². The van der Waals surface area contributed by atoms with E-state index in [0.717, 1.165) is 19.3 Å². The Balaban J connectivity index is 2.37. The smallest absolute Gasteiger partial charge is 0.262 e. The van der Waals surface area contributed by atoms with Crippen LogP contribution in [0.25, 0.3) is 0 Å². The average Bonchev–Trinajstić information content (AvgIpc) is 2.48. The molecule has 0 saturated carbocycles. The SMILES string of the molecule is CNc1cccnc1S(=O)(=O)N1CCCCC1CCO. The molecule has 20 heavy (non-hydrogen) atoms. The number of hydrogen-bond acceptors (Lipinski definition) is 5. The number of anilines is 1. The first kappa shape index (κ1) is 15.2. The zero-order valence-corrected chi connectivity index (χ0v) is 12.4. The first-order valence-corrected chi connectivity index (χ1v) is 8.30. The topological polar surface area (TPSA) is 82.5 Å². The molecule has 1 aliphatic heterocycles. The van der Waals surface area contributed by atoms with Crippen LogP contribution in [-0.2, 0) is 10.0 Å². The average molecular weight is 299 g/mol. The minimum Gasteiger partial charge on any atom is -0.396 e. The second-order valence-electron chi connectivity index (χ2n) is 4.88. The summed E-state index contributed by atoms with van der Waals surface area (Å²) in [7, 11) is -1.95. The fraction of sp³-hybridized carbons (Fsp3) is 0.615. The van der Waals surface area contributed by atoms with E-state index in [1.165, 1.54) is 10.5 Å². The largest absolute Gasteiger partial charge is 0.396 e. The van der Waals surface area contributed by atoms with Crippen LogP contribution in [0.5, 0.6) is 0 Å². The molecule has 0 spiro atoms. The number of aliphatic hydroxyl groups excluding tert-OH is 1. The Labute approximate surface area is 119 Å². The Hall–Kier alpha value is -1.18. The lowest BCUT2D eigenvalue weighted by Crippen LogP contribution is -2.44. The number of nitrogens with one attached hydrogen (secondary N) is 1. The molecule has 1 saturated heterocycles. The fourth-order valence-corrected chi connectivity index (χ4v) is 4.46. The fourth-order valence-electron chi connectivity index (χ4n) is 2.63. The van der Waals surface area contributed by atoms with Crippen molar-refractivity contribution >= 4 is 15.7 Å². The number of piperidine rings is 1. The summed E-state index contributed by atoms with van der Waals surface area (Å²) in [6.07, 6.45) is 4.60. The molecule has 0 aromatic carbocycles. The van der Waals surface area contributed by atoms with Crippen LogP contribution >= 0.6 is 0 Å². The molecule has 2 heterocycles. The van der Waals surface area contributed by atoms with Crippen molar-refractivity contribution in [2.75, 3.05) is 25.5 Å². The molecule has 1 atom stereocenters. The number of nitrogens with zero attached hydrogens (tertiary/aromatic N) is 2. The second-order valence-corrected chi connectivity index (χ2v) is 6.69. The normalized spacial score (nSPS) is 20.8. The van der Waals surface area contributed by atoms with Gasteiger partial charge in [0.15, 0.2) is 5.03 Å². The molecule has 1 aromatic rings. The highest BCUT2D eigenvalue weighted by molar-refractivity contribution is 7.89. The minimum absolute atomic E-state index is 0.00219. The third-order valence-electron chi connectivity index (χ3n) is 3.63. The standard InChI is InChI=1S/C13H21N3O3S/c1-14-12-6-4-8-15-13(12)20(18,19)16-9-3-2-5-11(16)7-10-17/h4,6,8,11,14,17H,2-3,5,7,9-10H2,1H3. The van der Waals surface area contributed by atoms with Gasteiger partial charge in [-0.05, 0) is 31.4 Å². The van der Waals surface area contributed by atoms with Crippen LogP contribution in [0.1, 0.15) is 25.7 Å². The summed E-state index contributed by atoms with van der Waals surface area (Å²) in [6.45, 7) is 0.491. The van der Waals surface area contributed by atoms with E-state index in [1.807, 2.05) is 0 Å². The van der Waals surface area contributed by atoms with Crippen molar-refractivity contribution in [1.82, 2.24) is 9.29 Å². The van der Waals surface area contributed by atoms with E-state index in [-0.39, 0.29) is 17.7 Å². The van der Waals surface area contributed by atoms with Crippen LogP contribution in [0.4, 0.5) is 5.69 Å². The summed E-state index contributed by atoms with van der Waals surface area (Å²) in [5.41, 5.74) is 0.501. The number of rotatable bonds is 5. The highest BCUT2D eigenvalue weighted by atomic mass is 32.2. The van der Waals surface area contributed by atoms with E-state index in [4.69, 9.17) is 5.11 Å². The van der Waals surface area contributed by atoms with E-state index in [0.29, 0.717) is 18.7 Å². The van der Waals surface area contributed by atoms with Crippen molar-refractivity contribution in [2.24, 2.45) is 0 Å². The van der Waals surface area contributed by atoms with Gasteiger partial charge < -0.3 is 10.4 Å².